The molecule has 0 radical (unpaired) electrons. The largest absolute Gasteiger partial charge is 0.376 e. The van der Waals surface area contributed by atoms with Gasteiger partial charge in [-0.3, -0.25) is 14.2 Å². The van der Waals surface area contributed by atoms with Crippen molar-refractivity contribution in [3.05, 3.63) is 106 Å². The van der Waals surface area contributed by atoms with Crippen LogP contribution < -0.4 is 10.9 Å². The zero-order valence-corrected chi connectivity index (χ0v) is 20.5. The summed E-state index contributed by atoms with van der Waals surface area (Å²) in [6.07, 6.45) is 2.09. The first kappa shape index (κ1) is 24.2. The van der Waals surface area contributed by atoms with Crippen molar-refractivity contribution >= 4 is 28.6 Å². The lowest BCUT2D eigenvalue weighted by atomic mass is 10.1. The van der Waals surface area contributed by atoms with Crippen LogP contribution in [0.1, 0.15) is 34.3 Å². The Balaban J connectivity index is 1.35. The third-order valence-corrected chi connectivity index (χ3v) is 7.23. The normalized spacial score (nSPS) is 15.3. The van der Waals surface area contributed by atoms with Crippen molar-refractivity contribution < 1.29 is 13.9 Å². The summed E-state index contributed by atoms with van der Waals surface area (Å²) in [5.74, 6) is 0.125. The van der Waals surface area contributed by atoms with E-state index in [0.717, 1.165) is 30.6 Å². The molecular formula is C28H26FN3O3S. The Labute approximate surface area is 212 Å². The number of thioether (sulfide) groups is 1. The molecule has 184 valence electrons. The summed E-state index contributed by atoms with van der Waals surface area (Å²) in [6, 6.07) is 20.9. The number of ether oxygens (including phenoxy) is 1. The molecule has 1 fully saturated rings. The first-order valence-corrected chi connectivity index (χ1v) is 12.9. The van der Waals surface area contributed by atoms with Crippen LogP contribution in [-0.2, 0) is 17.0 Å². The smallest absolute Gasteiger partial charge is 0.262 e. The standard InChI is InChI=1S/C28H26FN3O3S/c29-22-13-9-20(10-14-22)18-36-28-31-25-6-2-1-5-24(25)27(34)32(28)17-19-7-11-21(12-8-19)26(33)30-16-23-4-3-15-35-23/h1-2,5-14,23H,3-4,15-18H2,(H,30,33). The lowest BCUT2D eigenvalue weighted by Gasteiger charge is -2.14. The first-order chi connectivity index (χ1) is 17.6. The second-order valence-electron chi connectivity index (χ2n) is 8.76. The molecule has 1 aliphatic rings. The molecule has 1 aliphatic heterocycles. The molecule has 3 aromatic carbocycles. The lowest BCUT2D eigenvalue weighted by Crippen LogP contribution is -2.31. The first-order valence-electron chi connectivity index (χ1n) is 11.9. The highest BCUT2D eigenvalue weighted by atomic mass is 32.2. The minimum Gasteiger partial charge on any atom is -0.376 e. The summed E-state index contributed by atoms with van der Waals surface area (Å²) in [4.78, 5) is 30.6. The SMILES string of the molecule is O=C(NCC1CCCO1)c1ccc(Cn2c(SCc3ccc(F)cc3)nc3ccccc3c2=O)cc1. The number of amides is 1. The van der Waals surface area contributed by atoms with Crippen molar-refractivity contribution in [2.75, 3.05) is 13.2 Å². The predicted octanol–water partition coefficient (Wildman–Crippen LogP) is 4.79. The lowest BCUT2D eigenvalue weighted by molar-refractivity contribution is 0.0858. The number of hydrogen-bond acceptors (Lipinski definition) is 5. The number of hydrogen-bond donors (Lipinski definition) is 1. The Morgan fingerprint density at radius 2 is 1.81 bits per heavy atom. The number of carbonyl (C=O) groups excluding carboxylic acids is 1. The van der Waals surface area contributed by atoms with Gasteiger partial charge in [-0.25, -0.2) is 9.37 Å². The third-order valence-electron chi connectivity index (χ3n) is 6.18. The number of fused-ring (bicyclic) bond motifs is 1. The quantitative estimate of drug-likeness (QED) is 0.277. The maximum Gasteiger partial charge on any atom is 0.262 e. The Hall–Kier alpha value is -3.49. The summed E-state index contributed by atoms with van der Waals surface area (Å²) in [5, 5.41) is 4.06. The van der Waals surface area contributed by atoms with Crippen LogP contribution in [0.3, 0.4) is 0 Å². The van der Waals surface area contributed by atoms with Crippen molar-refractivity contribution in [2.45, 2.75) is 36.4 Å². The van der Waals surface area contributed by atoms with Gasteiger partial charge in [0, 0.05) is 24.5 Å². The number of para-hydroxylation sites is 1. The van der Waals surface area contributed by atoms with Crippen LogP contribution in [0.4, 0.5) is 4.39 Å². The average molecular weight is 504 g/mol. The van der Waals surface area contributed by atoms with Crippen LogP contribution in [0.5, 0.6) is 0 Å². The monoisotopic (exact) mass is 503 g/mol. The van der Waals surface area contributed by atoms with E-state index in [4.69, 9.17) is 9.72 Å². The third kappa shape index (κ3) is 5.66. The van der Waals surface area contributed by atoms with Gasteiger partial charge in [-0.05, 0) is 60.4 Å². The number of nitrogens with one attached hydrogen (secondary N) is 1. The van der Waals surface area contributed by atoms with Crippen LogP contribution in [0.25, 0.3) is 10.9 Å². The maximum atomic E-state index is 13.4. The highest BCUT2D eigenvalue weighted by molar-refractivity contribution is 7.98. The van der Waals surface area contributed by atoms with E-state index in [0.29, 0.717) is 40.5 Å². The Bertz CT molecular complexity index is 1420. The zero-order chi connectivity index (χ0) is 24.9. The van der Waals surface area contributed by atoms with E-state index in [9.17, 15) is 14.0 Å². The van der Waals surface area contributed by atoms with Crippen molar-refractivity contribution in [1.82, 2.24) is 14.9 Å². The fraction of sp³-hybridized carbons (Fsp3) is 0.250. The molecule has 0 spiro atoms. The van der Waals surface area contributed by atoms with Crippen molar-refractivity contribution in [1.29, 1.82) is 0 Å². The molecule has 1 atom stereocenters. The number of aromatic nitrogens is 2. The molecule has 0 bridgehead atoms. The van der Waals surface area contributed by atoms with Gasteiger partial charge in [-0.1, -0.05) is 48.2 Å². The number of nitrogens with zero attached hydrogens (tertiary/aromatic N) is 2. The van der Waals surface area contributed by atoms with Gasteiger partial charge in [0.05, 0.1) is 23.6 Å². The predicted molar refractivity (Wildman–Crippen MR) is 139 cm³/mol. The molecule has 1 unspecified atom stereocenters. The molecule has 1 N–H and O–H groups in total. The molecule has 1 aromatic heterocycles. The number of carbonyl (C=O) groups is 1. The Kier molecular flexibility index (Phi) is 7.44. The molecule has 0 saturated carbocycles. The van der Waals surface area contributed by atoms with Gasteiger partial charge in [0.1, 0.15) is 5.82 Å². The molecule has 2 heterocycles. The molecule has 5 rings (SSSR count). The molecule has 36 heavy (non-hydrogen) atoms. The summed E-state index contributed by atoms with van der Waals surface area (Å²) in [5.41, 5.74) is 2.90. The van der Waals surface area contributed by atoms with E-state index in [1.54, 1.807) is 34.9 Å². The van der Waals surface area contributed by atoms with Crippen LogP contribution in [-0.4, -0.2) is 34.7 Å². The number of halogens is 1. The van der Waals surface area contributed by atoms with Crippen LogP contribution in [0.15, 0.2) is 82.7 Å². The summed E-state index contributed by atoms with van der Waals surface area (Å²) < 4.78 is 20.5. The van der Waals surface area contributed by atoms with Gasteiger partial charge in [-0.15, -0.1) is 0 Å². The Morgan fingerprint density at radius 1 is 1.06 bits per heavy atom. The molecule has 0 aliphatic carbocycles. The number of benzene rings is 3. The van der Waals surface area contributed by atoms with Crippen LogP contribution in [0, 0.1) is 5.82 Å². The second-order valence-corrected chi connectivity index (χ2v) is 9.70. The molecule has 1 saturated heterocycles. The maximum absolute atomic E-state index is 13.4. The minimum atomic E-state index is -0.284. The molecule has 4 aromatic rings. The van der Waals surface area contributed by atoms with E-state index >= 15 is 0 Å². The molecular weight excluding hydrogens is 477 g/mol. The highest BCUT2D eigenvalue weighted by Gasteiger charge is 2.17. The van der Waals surface area contributed by atoms with E-state index in [1.165, 1.54) is 23.9 Å². The summed E-state index contributed by atoms with van der Waals surface area (Å²) in [7, 11) is 0. The fourth-order valence-electron chi connectivity index (χ4n) is 4.18. The van der Waals surface area contributed by atoms with Gasteiger partial charge >= 0.3 is 0 Å². The van der Waals surface area contributed by atoms with Gasteiger partial charge in [0.25, 0.3) is 11.5 Å². The molecule has 8 heteroatoms. The highest BCUT2D eigenvalue weighted by Crippen LogP contribution is 2.23. The van der Waals surface area contributed by atoms with Crippen LogP contribution >= 0.6 is 11.8 Å². The van der Waals surface area contributed by atoms with Crippen molar-refractivity contribution in [2.24, 2.45) is 0 Å². The van der Waals surface area contributed by atoms with Gasteiger partial charge in [0.2, 0.25) is 0 Å². The van der Waals surface area contributed by atoms with E-state index in [1.807, 2.05) is 30.3 Å². The Morgan fingerprint density at radius 3 is 2.56 bits per heavy atom. The molecule has 6 nitrogen and oxygen atoms in total. The van der Waals surface area contributed by atoms with Crippen LogP contribution in [0.2, 0.25) is 0 Å². The van der Waals surface area contributed by atoms with Gasteiger partial charge < -0.3 is 10.1 Å². The van der Waals surface area contributed by atoms with Crippen molar-refractivity contribution in [3.8, 4) is 0 Å². The summed E-state index contributed by atoms with van der Waals surface area (Å²) in [6.45, 7) is 1.58. The second kappa shape index (κ2) is 11.1. The number of rotatable bonds is 8. The van der Waals surface area contributed by atoms with Crippen molar-refractivity contribution in [3.63, 3.8) is 0 Å². The van der Waals surface area contributed by atoms with E-state index in [-0.39, 0.29) is 23.4 Å². The van der Waals surface area contributed by atoms with E-state index < -0.39 is 0 Å². The topological polar surface area (TPSA) is 73.2 Å². The minimum absolute atomic E-state index is 0.0892. The van der Waals surface area contributed by atoms with Gasteiger partial charge in [0.15, 0.2) is 5.16 Å². The van der Waals surface area contributed by atoms with E-state index in [2.05, 4.69) is 5.32 Å². The summed E-state index contributed by atoms with van der Waals surface area (Å²) >= 11 is 1.43. The van der Waals surface area contributed by atoms with Gasteiger partial charge in [-0.2, -0.15) is 0 Å². The molecule has 1 amide bonds. The fourth-order valence-corrected chi connectivity index (χ4v) is 5.14. The average Bonchev–Trinajstić information content (AvgIpc) is 3.43. The zero-order valence-electron chi connectivity index (χ0n) is 19.7.